The summed E-state index contributed by atoms with van der Waals surface area (Å²) < 4.78 is 9.24. The van der Waals surface area contributed by atoms with Crippen molar-refractivity contribution < 1.29 is 23.9 Å². The van der Waals surface area contributed by atoms with E-state index in [1.807, 2.05) is 0 Å². The molecule has 0 bridgehead atoms. The summed E-state index contributed by atoms with van der Waals surface area (Å²) in [6, 6.07) is -0.830. The fourth-order valence-corrected chi connectivity index (χ4v) is 0.829. The molecule has 0 aliphatic heterocycles. The van der Waals surface area contributed by atoms with Crippen LogP contribution in [-0.2, 0) is 14.3 Å². The van der Waals surface area contributed by atoms with Crippen molar-refractivity contribution in [2.75, 3.05) is 13.2 Å². The number of carbonyl (C=O) groups excluding carboxylic acids is 3. The Morgan fingerprint density at radius 3 is 2.31 bits per heavy atom. The van der Waals surface area contributed by atoms with Crippen LogP contribution in [-0.4, -0.2) is 42.7 Å². The molecule has 0 radical (unpaired) electrons. The number of hydrogen-bond acceptors (Lipinski definition) is 5. The van der Waals surface area contributed by atoms with Gasteiger partial charge in [-0.3, -0.25) is 0 Å². The topological polar surface area (TPSA) is 84.9 Å². The average molecular weight is 232 g/mol. The standard InChI is InChI=1S/C9H16N2O5/c1-4-15-8(13)10-11(7(3)6-12)9(14)16-5-2/h6-7H,4-5H2,1-3H3,(H,10,13)/t7-/m1/s1. The minimum Gasteiger partial charge on any atom is -0.449 e. The molecule has 7 heteroatoms. The van der Waals surface area contributed by atoms with Gasteiger partial charge in [-0.05, 0) is 20.8 Å². The van der Waals surface area contributed by atoms with E-state index in [4.69, 9.17) is 0 Å². The normalized spacial score (nSPS) is 11.2. The van der Waals surface area contributed by atoms with Crippen LogP contribution in [0.3, 0.4) is 0 Å². The minimum atomic E-state index is -0.830. The fourth-order valence-electron chi connectivity index (χ4n) is 0.829. The van der Waals surface area contributed by atoms with Gasteiger partial charge in [0, 0.05) is 0 Å². The average Bonchev–Trinajstić information content (AvgIpc) is 2.25. The number of nitrogens with zero attached hydrogens (tertiary/aromatic N) is 1. The van der Waals surface area contributed by atoms with Crippen LogP contribution in [0.4, 0.5) is 9.59 Å². The second-order valence-electron chi connectivity index (χ2n) is 2.78. The molecule has 0 aromatic rings. The van der Waals surface area contributed by atoms with E-state index in [0.29, 0.717) is 6.29 Å². The van der Waals surface area contributed by atoms with Crippen molar-refractivity contribution in [2.45, 2.75) is 26.8 Å². The third-order valence-corrected chi connectivity index (χ3v) is 1.56. The molecule has 0 spiro atoms. The van der Waals surface area contributed by atoms with E-state index in [9.17, 15) is 14.4 Å². The van der Waals surface area contributed by atoms with Crippen LogP contribution in [0.5, 0.6) is 0 Å². The van der Waals surface area contributed by atoms with Gasteiger partial charge in [-0.1, -0.05) is 0 Å². The molecule has 2 amide bonds. The van der Waals surface area contributed by atoms with Gasteiger partial charge in [0.25, 0.3) is 0 Å². The van der Waals surface area contributed by atoms with Crippen LogP contribution < -0.4 is 5.43 Å². The lowest BCUT2D eigenvalue weighted by Gasteiger charge is -2.24. The van der Waals surface area contributed by atoms with E-state index in [-0.39, 0.29) is 13.2 Å². The summed E-state index contributed by atoms with van der Waals surface area (Å²) in [7, 11) is 0. The maximum Gasteiger partial charge on any atom is 0.429 e. The van der Waals surface area contributed by atoms with Gasteiger partial charge in [0.2, 0.25) is 0 Å². The largest absolute Gasteiger partial charge is 0.449 e. The molecule has 7 nitrogen and oxygen atoms in total. The van der Waals surface area contributed by atoms with E-state index in [1.54, 1.807) is 13.8 Å². The number of hydrogen-bond donors (Lipinski definition) is 1. The Balaban J connectivity index is 4.48. The van der Waals surface area contributed by atoms with E-state index in [1.165, 1.54) is 6.92 Å². The molecule has 0 saturated carbocycles. The van der Waals surface area contributed by atoms with Crippen LogP contribution in [0.2, 0.25) is 0 Å². The maximum atomic E-state index is 11.4. The van der Waals surface area contributed by atoms with Crippen molar-refractivity contribution in [3.8, 4) is 0 Å². The first kappa shape index (κ1) is 14.2. The van der Waals surface area contributed by atoms with Crippen molar-refractivity contribution in [1.82, 2.24) is 10.4 Å². The Morgan fingerprint density at radius 2 is 1.88 bits per heavy atom. The van der Waals surface area contributed by atoms with E-state index in [2.05, 4.69) is 14.9 Å². The predicted molar refractivity (Wildman–Crippen MR) is 54.5 cm³/mol. The van der Waals surface area contributed by atoms with Gasteiger partial charge in [0.15, 0.2) is 0 Å². The lowest BCUT2D eigenvalue weighted by atomic mass is 10.4. The van der Waals surface area contributed by atoms with E-state index >= 15 is 0 Å². The van der Waals surface area contributed by atoms with Gasteiger partial charge in [0.05, 0.1) is 13.2 Å². The molecule has 92 valence electrons. The smallest absolute Gasteiger partial charge is 0.429 e. The highest BCUT2D eigenvalue weighted by molar-refractivity contribution is 5.77. The van der Waals surface area contributed by atoms with Crippen LogP contribution >= 0.6 is 0 Å². The summed E-state index contributed by atoms with van der Waals surface area (Å²) >= 11 is 0. The maximum absolute atomic E-state index is 11.4. The van der Waals surface area contributed by atoms with Gasteiger partial charge in [-0.25, -0.2) is 20.0 Å². The number of hydrazine groups is 1. The van der Waals surface area contributed by atoms with Crippen molar-refractivity contribution in [3.63, 3.8) is 0 Å². The molecule has 0 heterocycles. The summed E-state index contributed by atoms with van der Waals surface area (Å²) in [6.07, 6.45) is -1.12. The molecule has 0 aromatic heterocycles. The lowest BCUT2D eigenvalue weighted by Crippen LogP contribution is -2.51. The molecule has 0 fully saturated rings. The molecule has 1 atom stereocenters. The van der Waals surface area contributed by atoms with Gasteiger partial charge in [-0.15, -0.1) is 0 Å². The number of ether oxygens (including phenoxy) is 2. The number of amides is 2. The predicted octanol–water partition coefficient (Wildman–Crippen LogP) is 0.693. The van der Waals surface area contributed by atoms with Crippen molar-refractivity contribution in [3.05, 3.63) is 0 Å². The zero-order valence-electron chi connectivity index (χ0n) is 9.56. The number of nitrogens with one attached hydrogen (secondary N) is 1. The second kappa shape index (κ2) is 7.49. The Labute approximate surface area is 93.7 Å². The summed E-state index contributed by atoms with van der Waals surface area (Å²) in [6.45, 7) is 4.99. The van der Waals surface area contributed by atoms with Crippen molar-refractivity contribution in [2.24, 2.45) is 0 Å². The Bertz CT molecular complexity index is 256. The number of carbonyl (C=O) groups is 3. The molecule has 0 saturated heterocycles. The quantitative estimate of drug-likeness (QED) is 0.569. The summed E-state index contributed by atoms with van der Waals surface area (Å²) in [5, 5.41) is 0.772. The summed E-state index contributed by atoms with van der Waals surface area (Å²) in [4.78, 5) is 33.0. The second-order valence-corrected chi connectivity index (χ2v) is 2.78. The minimum absolute atomic E-state index is 0.144. The molecular formula is C9H16N2O5. The highest BCUT2D eigenvalue weighted by atomic mass is 16.6. The first-order chi connectivity index (χ1) is 7.56. The van der Waals surface area contributed by atoms with Crippen molar-refractivity contribution in [1.29, 1.82) is 0 Å². The summed E-state index contributed by atoms with van der Waals surface area (Å²) in [5.74, 6) is 0. The molecular weight excluding hydrogens is 216 g/mol. The molecule has 0 unspecified atom stereocenters. The SMILES string of the molecule is CCOC(=O)NN(C(=O)OCC)[C@H](C)C=O. The molecule has 0 aliphatic carbocycles. The Hall–Kier alpha value is -1.79. The molecule has 0 aliphatic rings. The highest BCUT2D eigenvalue weighted by Crippen LogP contribution is 1.97. The first-order valence-corrected chi connectivity index (χ1v) is 4.91. The number of aldehydes is 1. The number of rotatable bonds is 4. The van der Waals surface area contributed by atoms with Crippen LogP contribution in [0.25, 0.3) is 0 Å². The van der Waals surface area contributed by atoms with E-state index in [0.717, 1.165) is 5.01 Å². The Kier molecular flexibility index (Phi) is 6.66. The van der Waals surface area contributed by atoms with Crippen LogP contribution in [0, 0.1) is 0 Å². The molecule has 16 heavy (non-hydrogen) atoms. The zero-order chi connectivity index (χ0) is 12.6. The summed E-state index contributed by atoms with van der Waals surface area (Å²) in [5.41, 5.74) is 2.12. The Morgan fingerprint density at radius 1 is 1.31 bits per heavy atom. The zero-order valence-corrected chi connectivity index (χ0v) is 9.56. The lowest BCUT2D eigenvalue weighted by molar-refractivity contribution is -0.112. The van der Waals surface area contributed by atoms with Crippen molar-refractivity contribution >= 4 is 18.5 Å². The van der Waals surface area contributed by atoms with Gasteiger partial charge in [0.1, 0.15) is 12.3 Å². The van der Waals surface area contributed by atoms with Crippen LogP contribution in [0.15, 0.2) is 0 Å². The monoisotopic (exact) mass is 232 g/mol. The molecule has 0 rings (SSSR count). The molecule has 0 aromatic carbocycles. The third kappa shape index (κ3) is 4.63. The van der Waals surface area contributed by atoms with Gasteiger partial charge >= 0.3 is 12.2 Å². The van der Waals surface area contributed by atoms with Gasteiger partial charge in [-0.2, -0.15) is 0 Å². The van der Waals surface area contributed by atoms with Gasteiger partial charge < -0.3 is 14.3 Å². The fraction of sp³-hybridized carbons (Fsp3) is 0.667. The molecule has 1 N–H and O–H groups in total. The third-order valence-electron chi connectivity index (χ3n) is 1.56. The first-order valence-electron chi connectivity index (χ1n) is 4.91. The van der Waals surface area contributed by atoms with E-state index < -0.39 is 18.2 Å². The highest BCUT2D eigenvalue weighted by Gasteiger charge is 2.23. The van der Waals surface area contributed by atoms with Crippen LogP contribution in [0.1, 0.15) is 20.8 Å².